The summed E-state index contributed by atoms with van der Waals surface area (Å²) in [4.78, 5) is 26.2. The molecule has 1 amide bonds. The van der Waals surface area contributed by atoms with Gasteiger partial charge in [-0.2, -0.15) is 0 Å². The van der Waals surface area contributed by atoms with E-state index in [0.717, 1.165) is 0 Å². The SMILES string of the molecule is CC[C@@H](C)N1C(=O)c2ccccc2N[C@@H]1c1cc(OC)c(OC)cc1[N+](=O)[O-]. The number of rotatable bonds is 6. The molecule has 2 aromatic rings. The van der Waals surface area contributed by atoms with Gasteiger partial charge in [-0.15, -0.1) is 0 Å². The number of anilines is 1. The molecule has 0 aliphatic carbocycles. The first-order valence-electron chi connectivity index (χ1n) is 9.01. The van der Waals surface area contributed by atoms with Gasteiger partial charge in [-0.25, -0.2) is 0 Å². The van der Waals surface area contributed by atoms with E-state index in [1.165, 1.54) is 20.3 Å². The van der Waals surface area contributed by atoms with Gasteiger partial charge in [0.15, 0.2) is 11.5 Å². The van der Waals surface area contributed by atoms with Gasteiger partial charge in [0.2, 0.25) is 0 Å². The van der Waals surface area contributed by atoms with E-state index in [4.69, 9.17) is 9.47 Å². The van der Waals surface area contributed by atoms with Crippen LogP contribution >= 0.6 is 0 Å². The number of fused-ring (bicyclic) bond motifs is 1. The smallest absolute Gasteiger partial charge is 0.280 e. The Bertz CT molecular complexity index is 915. The molecule has 1 heterocycles. The second kappa shape index (κ2) is 7.75. The number of nitrogens with zero attached hydrogens (tertiary/aromatic N) is 2. The Labute approximate surface area is 163 Å². The van der Waals surface area contributed by atoms with Crippen LogP contribution in [0.25, 0.3) is 0 Å². The van der Waals surface area contributed by atoms with E-state index >= 15 is 0 Å². The summed E-state index contributed by atoms with van der Waals surface area (Å²) >= 11 is 0. The van der Waals surface area contributed by atoms with Crippen LogP contribution in [-0.4, -0.2) is 36.0 Å². The number of ether oxygens (including phenoxy) is 2. The van der Waals surface area contributed by atoms with E-state index in [9.17, 15) is 14.9 Å². The summed E-state index contributed by atoms with van der Waals surface area (Å²) in [6.45, 7) is 3.89. The van der Waals surface area contributed by atoms with Crippen molar-refractivity contribution in [2.75, 3.05) is 19.5 Å². The summed E-state index contributed by atoms with van der Waals surface area (Å²) < 4.78 is 10.6. The summed E-state index contributed by atoms with van der Waals surface area (Å²) in [5.41, 5.74) is 1.38. The van der Waals surface area contributed by atoms with Gasteiger partial charge >= 0.3 is 0 Å². The Morgan fingerprint density at radius 3 is 2.46 bits per heavy atom. The zero-order valence-corrected chi connectivity index (χ0v) is 16.3. The molecule has 1 aliphatic rings. The number of nitro groups is 1. The molecule has 2 aromatic carbocycles. The average molecular weight is 385 g/mol. The minimum absolute atomic E-state index is 0.133. The number of para-hydroxylation sites is 1. The molecule has 1 N–H and O–H groups in total. The minimum Gasteiger partial charge on any atom is -0.493 e. The Morgan fingerprint density at radius 2 is 1.86 bits per heavy atom. The van der Waals surface area contributed by atoms with E-state index in [-0.39, 0.29) is 23.4 Å². The first kappa shape index (κ1) is 19.5. The molecule has 28 heavy (non-hydrogen) atoms. The van der Waals surface area contributed by atoms with Crippen LogP contribution in [0.15, 0.2) is 36.4 Å². The molecule has 0 fully saturated rings. The quantitative estimate of drug-likeness (QED) is 0.597. The lowest BCUT2D eigenvalue weighted by molar-refractivity contribution is -0.386. The van der Waals surface area contributed by atoms with Gasteiger partial charge in [0.1, 0.15) is 6.17 Å². The molecule has 0 unspecified atom stereocenters. The average Bonchev–Trinajstić information content (AvgIpc) is 2.71. The number of hydrogen-bond acceptors (Lipinski definition) is 6. The van der Waals surface area contributed by atoms with Crippen molar-refractivity contribution in [3.63, 3.8) is 0 Å². The van der Waals surface area contributed by atoms with Gasteiger partial charge in [0, 0.05) is 11.7 Å². The molecule has 2 atom stereocenters. The maximum atomic E-state index is 13.2. The summed E-state index contributed by atoms with van der Waals surface area (Å²) in [7, 11) is 2.89. The van der Waals surface area contributed by atoms with Crippen molar-refractivity contribution in [1.82, 2.24) is 4.90 Å². The first-order chi connectivity index (χ1) is 13.4. The van der Waals surface area contributed by atoms with Crippen molar-refractivity contribution in [3.8, 4) is 11.5 Å². The highest BCUT2D eigenvalue weighted by atomic mass is 16.6. The van der Waals surface area contributed by atoms with Crippen molar-refractivity contribution in [2.45, 2.75) is 32.5 Å². The van der Waals surface area contributed by atoms with Crippen LogP contribution in [-0.2, 0) is 0 Å². The number of carbonyl (C=O) groups is 1. The molecule has 0 radical (unpaired) electrons. The molecule has 3 rings (SSSR count). The van der Waals surface area contributed by atoms with E-state index in [1.54, 1.807) is 29.2 Å². The zero-order chi connectivity index (χ0) is 20.4. The van der Waals surface area contributed by atoms with Crippen LogP contribution in [0.3, 0.4) is 0 Å². The monoisotopic (exact) mass is 385 g/mol. The Morgan fingerprint density at radius 1 is 1.21 bits per heavy atom. The highest BCUT2D eigenvalue weighted by Crippen LogP contribution is 2.42. The largest absolute Gasteiger partial charge is 0.493 e. The second-order valence-electron chi connectivity index (χ2n) is 6.59. The van der Waals surface area contributed by atoms with Crippen LogP contribution in [0.2, 0.25) is 0 Å². The lowest BCUT2D eigenvalue weighted by Crippen LogP contribution is -2.47. The third-order valence-corrected chi connectivity index (χ3v) is 5.05. The minimum atomic E-state index is -0.711. The molecule has 1 aliphatic heterocycles. The molecule has 0 spiro atoms. The number of benzene rings is 2. The summed E-state index contributed by atoms with van der Waals surface area (Å²) in [5.74, 6) is 0.452. The van der Waals surface area contributed by atoms with Crippen LogP contribution < -0.4 is 14.8 Å². The summed E-state index contributed by atoms with van der Waals surface area (Å²) in [6.07, 6.45) is -0.00903. The van der Waals surface area contributed by atoms with Crippen LogP contribution in [0, 0.1) is 10.1 Å². The molecule has 8 heteroatoms. The maximum Gasteiger partial charge on any atom is 0.280 e. The lowest BCUT2D eigenvalue weighted by Gasteiger charge is -2.41. The van der Waals surface area contributed by atoms with Gasteiger partial charge in [-0.1, -0.05) is 19.1 Å². The Balaban J connectivity index is 2.22. The van der Waals surface area contributed by atoms with Gasteiger partial charge in [-0.3, -0.25) is 14.9 Å². The molecule has 8 nitrogen and oxygen atoms in total. The van der Waals surface area contributed by atoms with Crippen LogP contribution in [0.4, 0.5) is 11.4 Å². The Kier molecular flexibility index (Phi) is 5.39. The second-order valence-corrected chi connectivity index (χ2v) is 6.59. The molecule has 0 bridgehead atoms. The van der Waals surface area contributed by atoms with Crippen molar-refractivity contribution in [2.24, 2.45) is 0 Å². The van der Waals surface area contributed by atoms with Crippen LogP contribution in [0.5, 0.6) is 11.5 Å². The fraction of sp³-hybridized carbons (Fsp3) is 0.350. The van der Waals surface area contributed by atoms with Crippen molar-refractivity contribution >= 4 is 17.3 Å². The van der Waals surface area contributed by atoms with Gasteiger partial charge in [-0.05, 0) is 31.5 Å². The first-order valence-corrected chi connectivity index (χ1v) is 9.01. The van der Waals surface area contributed by atoms with E-state index in [2.05, 4.69) is 5.32 Å². The van der Waals surface area contributed by atoms with Crippen molar-refractivity contribution in [3.05, 3.63) is 57.6 Å². The highest BCUT2D eigenvalue weighted by Gasteiger charge is 2.39. The topological polar surface area (TPSA) is 93.9 Å². The molecule has 0 saturated heterocycles. The van der Waals surface area contributed by atoms with Crippen molar-refractivity contribution < 1.29 is 19.2 Å². The number of nitro benzene ring substituents is 1. The number of methoxy groups -OCH3 is 2. The number of nitrogens with one attached hydrogen (secondary N) is 1. The number of amides is 1. The zero-order valence-electron chi connectivity index (χ0n) is 16.3. The van der Waals surface area contributed by atoms with Gasteiger partial charge in [0.25, 0.3) is 11.6 Å². The lowest BCUT2D eigenvalue weighted by atomic mass is 9.99. The van der Waals surface area contributed by atoms with E-state index < -0.39 is 11.1 Å². The fourth-order valence-corrected chi connectivity index (χ4v) is 3.41. The fourth-order valence-electron chi connectivity index (χ4n) is 3.41. The summed E-state index contributed by atoms with van der Waals surface area (Å²) in [5, 5.41) is 15.1. The van der Waals surface area contributed by atoms with E-state index in [1.807, 2.05) is 19.9 Å². The molecule has 0 aromatic heterocycles. The van der Waals surface area contributed by atoms with Gasteiger partial charge in [0.05, 0.1) is 36.3 Å². The highest BCUT2D eigenvalue weighted by molar-refractivity contribution is 6.02. The molecular formula is C20H23N3O5. The predicted octanol–water partition coefficient (Wildman–Crippen LogP) is 3.98. The molecular weight excluding hydrogens is 362 g/mol. The normalized spacial score (nSPS) is 16.8. The third kappa shape index (κ3) is 3.21. The third-order valence-electron chi connectivity index (χ3n) is 5.05. The van der Waals surface area contributed by atoms with Crippen molar-refractivity contribution in [1.29, 1.82) is 0 Å². The number of hydrogen-bond donors (Lipinski definition) is 1. The van der Waals surface area contributed by atoms with Gasteiger partial charge < -0.3 is 19.7 Å². The number of carbonyl (C=O) groups excluding carboxylic acids is 1. The molecule has 148 valence electrons. The van der Waals surface area contributed by atoms with Crippen LogP contribution in [0.1, 0.15) is 42.4 Å². The Hall–Kier alpha value is -3.29. The maximum absolute atomic E-state index is 13.2. The van der Waals surface area contributed by atoms with E-state index in [0.29, 0.717) is 29.0 Å². The predicted molar refractivity (Wildman–Crippen MR) is 105 cm³/mol. The molecule has 0 saturated carbocycles. The standard InChI is InChI=1S/C20H23N3O5/c1-5-12(2)22-19(21-15-9-7-6-8-13(15)20(22)24)14-10-17(27-3)18(28-4)11-16(14)23(25)26/h6-12,19,21H,5H2,1-4H3/t12-,19+/m1/s1. The summed E-state index contributed by atoms with van der Waals surface area (Å²) in [6, 6.07) is 9.91.